The molecule has 0 bridgehead atoms. The molecule has 2 rings (SSSR count). The topological polar surface area (TPSA) is 62.2 Å². The van der Waals surface area contributed by atoms with Gasteiger partial charge >= 0.3 is 0 Å². The summed E-state index contributed by atoms with van der Waals surface area (Å²) < 4.78 is 0. The van der Waals surface area contributed by atoms with E-state index in [9.17, 15) is 9.90 Å². The van der Waals surface area contributed by atoms with Crippen LogP contribution in [0.5, 0.6) is 0 Å². The number of carbonyl (C=O) groups excluding carboxylic acids is 1. The van der Waals surface area contributed by atoms with Crippen molar-refractivity contribution in [2.45, 2.75) is 64.8 Å². The number of aryl methyl sites for hydroxylation is 1. The van der Waals surface area contributed by atoms with Crippen molar-refractivity contribution in [3.8, 4) is 0 Å². The fourth-order valence-corrected chi connectivity index (χ4v) is 4.11. The molecule has 1 aromatic rings. The lowest BCUT2D eigenvalue weighted by atomic mass is 10.0. The molecule has 0 aliphatic heterocycles. The first kappa shape index (κ1) is 16.4. The van der Waals surface area contributed by atoms with Crippen LogP contribution in [0.25, 0.3) is 0 Å². The molecule has 0 saturated heterocycles. The van der Waals surface area contributed by atoms with Gasteiger partial charge in [0.25, 0.3) is 5.91 Å². The first-order valence-electron chi connectivity index (χ1n) is 7.90. The maximum absolute atomic E-state index is 12.4. The quantitative estimate of drug-likeness (QED) is 0.848. The maximum atomic E-state index is 12.4. The minimum absolute atomic E-state index is 0.0166. The highest BCUT2D eigenvalue weighted by molar-refractivity contribution is 7.13. The molecular formula is C16H26N2O2S. The molecule has 0 aromatic carbocycles. The van der Waals surface area contributed by atoms with Crippen molar-refractivity contribution in [3.63, 3.8) is 0 Å². The second kappa shape index (κ2) is 7.36. The van der Waals surface area contributed by atoms with E-state index < -0.39 is 0 Å². The number of amides is 1. The third-order valence-corrected chi connectivity index (χ3v) is 5.35. The first-order valence-corrected chi connectivity index (χ1v) is 8.72. The average Bonchev–Trinajstić information content (AvgIpc) is 3.05. The van der Waals surface area contributed by atoms with E-state index in [0.717, 1.165) is 17.1 Å². The molecule has 1 atom stereocenters. The number of aromatic nitrogens is 1. The molecule has 1 aliphatic rings. The summed E-state index contributed by atoms with van der Waals surface area (Å²) in [6.07, 6.45) is 5.72. The van der Waals surface area contributed by atoms with Gasteiger partial charge in [0.1, 0.15) is 4.88 Å². The van der Waals surface area contributed by atoms with Gasteiger partial charge in [-0.2, -0.15) is 0 Å². The Labute approximate surface area is 131 Å². The third kappa shape index (κ3) is 4.27. The lowest BCUT2D eigenvalue weighted by molar-refractivity contribution is 0.0911. The Morgan fingerprint density at radius 2 is 2.10 bits per heavy atom. The summed E-state index contributed by atoms with van der Waals surface area (Å²) in [6, 6.07) is -0.172. The summed E-state index contributed by atoms with van der Waals surface area (Å²) in [7, 11) is 0. The highest BCUT2D eigenvalue weighted by atomic mass is 32.1. The van der Waals surface area contributed by atoms with Gasteiger partial charge < -0.3 is 10.4 Å². The Balaban J connectivity index is 2.04. The standard InChI is InChI=1S/C16H26N2O2S/c1-10(2)8-13(9-19)18-15(20)14-11(3)17-16(21-14)12-6-4-5-7-12/h10,12-13,19H,4-9H2,1-3H3,(H,18,20). The Bertz CT molecular complexity index is 479. The zero-order chi connectivity index (χ0) is 15.4. The van der Waals surface area contributed by atoms with Crippen LogP contribution in [0.2, 0.25) is 0 Å². The predicted molar refractivity (Wildman–Crippen MR) is 85.9 cm³/mol. The monoisotopic (exact) mass is 310 g/mol. The normalized spacial score (nSPS) is 17.4. The SMILES string of the molecule is Cc1nc(C2CCCC2)sc1C(=O)NC(CO)CC(C)C. The van der Waals surface area contributed by atoms with Crippen LogP contribution in [0.4, 0.5) is 0 Å². The molecule has 1 aromatic heterocycles. The molecule has 1 unspecified atom stereocenters. The summed E-state index contributed by atoms with van der Waals surface area (Å²) in [4.78, 5) is 17.7. The molecule has 1 fully saturated rings. The number of thiazole rings is 1. The van der Waals surface area contributed by atoms with E-state index in [1.54, 1.807) is 0 Å². The number of nitrogens with zero attached hydrogens (tertiary/aromatic N) is 1. The Morgan fingerprint density at radius 3 is 2.67 bits per heavy atom. The minimum atomic E-state index is -0.172. The van der Waals surface area contributed by atoms with Crippen molar-refractivity contribution in [1.29, 1.82) is 0 Å². The van der Waals surface area contributed by atoms with Crippen molar-refractivity contribution in [1.82, 2.24) is 10.3 Å². The second-order valence-corrected chi connectivity index (χ2v) is 7.46. The van der Waals surface area contributed by atoms with Gasteiger partial charge in [0.05, 0.1) is 23.4 Å². The summed E-state index contributed by atoms with van der Waals surface area (Å²) in [5.41, 5.74) is 0.820. The van der Waals surface area contributed by atoms with Gasteiger partial charge in [0.2, 0.25) is 0 Å². The molecule has 1 amide bonds. The number of nitrogens with one attached hydrogen (secondary N) is 1. The van der Waals surface area contributed by atoms with Crippen LogP contribution in [0, 0.1) is 12.8 Å². The van der Waals surface area contributed by atoms with Gasteiger partial charge in [0.15, 0.2) is 0 Å². The first-order chi connectivity index (χ1) is 10.0. The fraction of sp³-hybridized carbons (Fsp3) is 0.750. The van der Waals surface area contributed by atoms with E-state index in [0.29, 0.717) is 16.7 Å². The Hall–Kier alpha value is -0.940. The molecule has 2 N–H and O–H groups in total. The van der Waals surface area contributed by atoms with Gasteiger partial charge in [-0.25, -0.2) is 4.98 Å². The largest absolute Gasteiger partial charge is 0.394 e. The number of rotatable bonds is 6. The van der Waals surface area contributed by atoms with E-state index in [2.05, 4.69) is 24.1 Å². The van der Waals surface area contributed by atoms with E-state index in [1.807, 2.05) is 6.92 Å². The van der Waals surface area contributed by atoms with E-state index in [1.165, 1.54) is 37.0 Å². The molecule has 5 heteroatoms. The summed E-state index contributed by atoms with van der Waals surface area (Å²) in [5.74, 6) is 0.896. The van der Waals surface area contributed by atoms with Crippen LogP contribution < -0.4 is 5.32 Å². The van der Waals surface area contributed by atoms with Crippen molar-refractivity contribution in [2.24, 2.45) is 5.92 Å². The van der Waals surface area contributed by atoms with Crippen LogP contribution in [-0.4, -0.2) is 28.6 Å². The summed E-state index contributed by atoms with van der Waals surface area (Å²) in [6.45, 7) is 6.06. The van der Waals surface area contributed by atoms with Gasteiger partial charge in [-0.3, -0.25) is 4.79 Å². The van der Waals surface area contributed by atoms with Crippen LogP contribution in [0.3, 0.4) is 0 Å². The minimum Gasteiger partial charge on any atom is -0.394 e. The van der Waals surface area contributed by atoms with Gasteiger partial charge in [0, 0.05) is 5.92 Å². The third-order valence-electron chi connectivity index (χ3n) is 4.04. The number of carbonyl (C=O) groups is 1. The molecule has 1 heterocycles. The molecule has 21 heavy (non-hydrogen) atoms. The smallest absolute Gasteiger partial charge is 0.263 e. The van der Waals surface area contributed by atoms with E-state index >= 15 is 0 Å². The van der Waals surface area contributed by atoms with E-state index in [-0.39, 0.29) is 18.6 Å². The zero-order valence-electron chi connectivity index (χ0n) is 13.2. The molecular weight excluding hydrogens is 284 g/mol. The molecule has 1 saturated carbocycles. The Morgan fingerprint density at radius 1 is 1.43 bits per heavy atom. The Kier molecular flexibility index (Phi) is 5.76. The molecule has 1 aliphatic carbocycles. The maximum Gasteiger partial charge on any atom is 0.263 e. The average molecular weight is 310 g/mol. The van der Waals surface area contributed by atoms with E-state index in [4.69, 9.17) is 0 Å². The number of hydrogen-bond donors (Lipinski definition) is 2. The van der Waals surface area contributed by atoms with Gasteiger partial charge in [-0.15, -0.1) is 11.3 Å². The zero-order valence-corrected chi connectivity index (χ0v) is 14.0. The number of hydrogen-bond acceptors (Lipinski definition) is 4. The van der Waals surface area contributed by atoms with Crippen LogP contribution in [0.15, 0.2) is 0 Å². The van der Waals surface area contributed by atoms with Crippen molar-refractivity contribution < 1.29 is 9.90 Å². The van der Waals surface area contributed by atoms with Crippen molar-refractivity contribution in [2.75, 3.05) is 6.61 Å². The van der Waals surface area contributed by atoms with Crippen molar-refractivity contribution >= 4 is 17.2 Å². The molecule has 0 radical (unpaired) electrons. The predicted octanol–water partition coefficient (Wildman–Crippen LogP) is 3.25. The van der Waals surface area contributed by atoms with Gasteiger partial charge in [-0.1, -0.05) is 26.7 Å². The molecule has 0 spiro atoms. The van der Waals surface area contributed by atoms with Gasteiger partial charge in [-0.05, 0) is 32.1 Å². The van der Waals surface area contributed by atoms with Crippen LogP contribution >= 0.6 is 11.3 Å². The molecule has 4 nitrogen and oxygen atoms in total. The second-order valence-electron chi connectivity index (χ2n) is 6.43. The van der Waals surface area contributed by atoms with Crippen molar-refractivity contribution in [3.05, 3.63) is 15.6 Å². The lowest BCUT2D eigenvalue weighted by Gasteiger charge is -2.17. The van der Waals surface area contributed by atoms with Crippen LogP contribution in [-0.2, 0) is 0 Å². The number of aliphatic hydroxyl groups is 1. The highest BCUT2D eigenvalue weighted by Crippen LogP contribution is 2.37. The van der Waals surface area contributed by atoms with Crippen LogP contribution in [0.1, 0.15) is 72.2 Å². The fourth-order valence-electron chi connectivity index (χ4n) is 2.97. The highest BCUT2D eigenvalue weighted by Gasteiger charge is 2.24. The lowest BCUT2D eigenvalue weighted by Crippen LogP contribution is -2.38. The summed E-state index contributed by atoms with van der Waals surface area (Å²) >= 11 is 1.53. The number of aliphatic hydroxyl groups excluding tert-OH is 1. The molecule has 118 valence electrons. The summed E-state index contributed by atoms with van der Waals surface area (Å²) in [5, 5.41) is 13.4.